The summed E-state index contributed by atoms with van der Waals surface area (Å²) in [5.41, 5.74) is 2.26. The molecule has 0 saturated heterocycles. The summed E-state index contributed by atoms with van der Waals surface area (Å²) < 4.78 is 13.9. The Morgan fingerprint density at radius 1 is 1.06 bits per heavy atom. The molecular weight excluding hydrogens is 382 g/mol. The Morgan fingerprint density at radius 3 is 2.38 bits per heavy atom. The van der Waals surface area contributed by atoms with Crippen LogP contribution in [0.3, 0.4) is 0 Å². The molecule has 16 heavy (non-hydrogen) atoms. The molecule has 0 aliphatic heterocycles. The van der Waals surface area contributed by atoms with Crippen LogP contribution in [0.5, 0.6) is 0 Å². The molecule has 0 radical (unpaired) electrons. The standard InChI is InChI=1S/C13H9BrFI/c14-13(9-4-2-1-3-5-9)11-7-6-10(15)8-12(11)16/h1-8,13H. The van der Waals surface area contributed by atoms with E-state index < -0.39 is 0 Å². The third-order valence-electron chi connectivity index (χ3n) is 2.33. The molecule has 3 heteroatoms. The van der Waals surface area contributed by atoms with Crippen molar-refractivity contribution < 1.29 is 4.39 Å². The highest BCUT2D eigenvalue weighted by Gasteiger charge is 2.13. The van der Waals surface area contributed by atoms with Crippen LogP contribution in [0.15, 0.2) is 48.5 Å². The van der Waals surface area contributed by atoms with Crippen molar-refractivity contribution in [3.05, 3.63) is 69.0 Å². The Hall–Kier alpha value is -0.420. The predicted octanol–water partition coefficient (Wildman–Crippen LogP) is 4.91. The number of alkyl halides is 1. The number of rotatable bonds is 2. The molecule has 2 aromatic rings. The summed E-state index contributed by atoms with van der Waals surface area (Å²) in [5, 5.41) is 0. The molecular formula is C13H9BrFI. The van der Waals surface area contributed by atoms with Gasteiger partial charge in [0.1, 0.15) is 5.82 Å². The molecule has 0 nitrogen and oxygen atoms in total. The lowest BCUT2D eigenvalue weighted by Crippen LogP contribution is -1.96. The maximum atomic E-state index is 13.0. The van der Waals surface area contributed by atoms with Gasteiger partial charge in [0, 0.05) is 3.57 Å². The minimum absolute atomic E-state index is 0.112. The third-order valence-corrected chi connectivity index (χ3v) is 4.28. The van der Waals surface area contributed by atoms with Crippen LogP contribution in [0, 0.1) is 9.39 Å². The summed E-state index contributed by atoms with van der Waals surface area (Å²) in [6.45, 7) is 0. The van der Waals surface area contributed by atoms with Crippen molar-refractivity contribution in [2.24, 2.45) is 0 Å². The largest absolute Gasteiger partial charge is 0.207 e. The fourth-order valence-electron chi connectivity index (χ4n) is 1.51. The average molecular weight is 391 g/mol. The molecule has 2 rings (SSSR count). The molecule has 1 unspecified atom stereocenters. The Labute approximate surface area is 116 Å². The monoisotopic (exact) mass is 390 g/mol. The van der Waals surface area contributed by atoms with Crippen molar-refractivity contribution in [3.63, 3.8) is 0 Å². The van der Waals surface area contributed by atoms with E-state index in [0.717, 1.165) is 9.13 Å². The number of halogens is 3. The SMILES string of the molecule is Fc1ccc(C(Br)c2ccccc2)c(I)c1. The minimum atomic E-state index is -0.194. The molecule has 0 aliphatic carbocycles. The van der Waals surface area contributed by atoms with Crippen LogP contribution in [-0.2, 0) is 0 Å². The summed E-state index contributed by atoms with van der Waals surface area (Å²) in [7, 11) is 0. The van der Waals surface area contributed by atoms with Gasteiger partial charge >= 0.3 is 0 Å². The van der Waals surface area contributed by atoms with Crippen LogP contribution in [0.25, 0.3) is 0 Å². The van der Waals surface area contributed by atoms with E-state index in [2.05, 4.69) is 50.7 Å². The first kappa shape index (κ1) is 12.0. The van der Waals surface area contributed by atoms with E-state index in [1.165, 1.54) is 11.6 Å². The highest BCUT2D eigenvalue weighted by atomic mass is 127. The van der Waals surface area contributed by atoms with Crippen LogP contribution in [0.4, 0.5) is 4.39 Å². The number of benzene rings is 2. The minimum Gasteiger partial charge on any atom is -0.207 e. The Bertz CT molecular complexity index is 485. The fraction of sp³-hybridized carbons (Fsp3) is 0.0769. The molecule has 0 aromatic heterocycles. The lowest BCUT2D eigenvalue weighted by Gasteiger charge is -2.12. The van der Waals surface area contributed by atoms with Crippen LogP contribution >= 0.6 is 38.5 Å². The zero-order valence-corrected chi connectivity index (χ0v) is 12.1. The molecule has 2 aromatic carbocycles. The Kier molecular flexibility index (Phi) is 3.97. The van der Waals surface area contributed by atoms with Gasteiger partial charge in [-0.2, -0.15) is 0 Å². The van der Waals surface area contributed by atoms with Crippen LogP contribution in [0.1, 0.15) is 16.0 Å². The first-order valence-corrected chi connectivity index (χ1v) is 6.82. The van der Waals surface area contributed by atoms with Crippen LogP contribution in [0.2, 0.25) is 0 Å². The predicted molar refractivity (Wildman–Crippen MR) is 76.3 cm³/mol. The van der Waals surface area contributed by atoms with E-state index in [4.69, 9.17) is 0 Å². The van der Waals surface area contributed by atoms with Crippen LogP contribution < -0.4 is 0 Å². The van der Waals surface area contributed by atoms with E-state index >= 15 is 0 Å². The topological polar surface area (TPSA) is 0 Å². The molecule has 0 fully saturated rings. The third kappa shape index (κ3) is 2.63. The Balaban J connectivity index is 2.38. The van der Waals surface area contributed by atoms with Gasteiger partial charge in [0.25, 0.3) is 0 Å². The summed E-state index contributed by atoms with van der Waals surface area (Å²) >= 11 is 5.80. The van der Waals surface area contributed by atoms with E-state index in [0.29, 0.717) is 0 Å². The van der Waals surface area contributed by atoms with Crippen molar-refractivity contribution in [2.45, 2.75) is 4.83 Å². The van der Waals surface area contributed by atoms with Crippen LogP contribution in [-0.4, -0.2) is 0 Å². The molecule has 0 N–H and O–H groups in total. The van der Waals surface area contributed by atoms with Crippen molar-refractivity contribution in [3.8, 4) is 0 Å². The molecule has 1 atom stereocenters. The lowest BCUT2D eigenvalue weighted by atomic mass is 10.1. The van der Waals surface area contributed by atoms with Gasteiger partial charge in [0.15, 0.2) is 0 Å². The molecule has 0 bridgehead atoms. The maximum Gasteiger partial charge on any atom is 0.124 e. The first-order chi connectivity index (χ1) is 7.68. The van der Waals surface area contributed by atoms with Crippen molar-refractivity contribution in [1.82, 2.24) is 0 Å². The second-order valence-electron chi connectivity index (χ2n) is 3.44. The lowest BCUT2D eigenvalue weighted by molar-refractivity contribution is 0.626. The highest BCUT2D eigenvalue weighted by Crippen LogP contribution is 2.33. The van der Waals surface area contributed by atoms with Crippen molar-refractivity contribution >= 4 is 38.5 Å². The first-order valence-electron chi connectivity index (χ1n) is 4.82. The van der Waals surface area contributed by atoms with Gasteiger partial charge in [-0.1, -0.05) is 52.3 Å². The summed E-state index contributed by atoms with van der Waals surface area (Å²) in [5.74, 6) is -0.194. The molecule has 0 heterocycles. The second-order valence-corrected chi connectivity index (χ2v) is 5.52. The average Bonchev–Trinajstić information content (AvgIpc) is 2.29. The summed E-state index contributed by atoms with van der Waals surface area (Å²) in [4.78, 5) is 0.112. The quantitative estimate of drug-likeness (QED) is 0.504. The van der Waals surface area contributed by atoms with Crippen molar-refractivity contribution in [1.29, 1.82) is 0 Å². The van der Waals surface area contributed by atoms with Gasteiger partial charge in [0.05, 0.1) is 4.83 Å². The maximum absolute atomic E-state index is 13.0. The van der Waals surface area contributed by atoms with Gasteiger partial charge in [0.2, 0.25) is 0 Å². The van der Waals surface area contributed by atoms with Gasteiger partial charge in [-0.05, 0) is 45.9 Å². The Morgan fingerprint density at radius 2 is 1.75 bits per heavy atom. The van der Waals surface area contributed by atoms with Gasteiger partial charge < -0.3 is 0 Å². The molecule has 0 amide bonds. The van der Waals surface area contributed by atoms with E-state index in [-0.39, 0.29) is 10.6 Å². The highest BCUT2D eigenvalue weighted by molar-refractivity contribution is 14.1. The second kappa shape index (κ2) is 5.27. The molecule has 82 valence electrons. The smallest absolute Gasteiger partial charge is 0.124 e. The normalized spacial score (nSPS) is 12.4. The van der Waals surface area contributed by atoms with Crippen molar-refractivity contribution in [2.75, 3.05) is 0 Å². The van der Waals surface area contributed by atoms with Gasteiger partial charge in [-0.3, -0.25) is 0 Å². The zero-order valence-electron chi connectivity index (χ0n) is 8.33. The van der Waals surface area contributed by atoms with Gasteiger partial charge in [-0.15, -0.1) is 0 Å². The summed E-state index contributed by atoms with van der Waals surface area (Å²) in [6.07, 6.45) is 0. The fourth-order valence-corrected chi connectivity index (χ4v) is 3.43. The molecule has 0 aliphatic rings. The molecule has 0 spiro atoms. The molecule has 0 saturated carbocycles. The number of hydrogen-bond donors (Lipinski definition) is 0. The van der Waals surface area contributed by atoms with E-state index in [1.807, 2.05) is 24.3 Å². The number of hydrogen-bond acceptors (Lipinski definition) is 0. The summed E-state index contributed by atoms with van der Waals surface area (Å²) in [6, 6.07) is 15.0. The van der Waals surface area contributed by atoms with E-state index in [1.54, 1.807) is 6.07 Å². The zero-order chi connectivity index (χ0) is 11.5. The van der Waals surface area contributed by atoms with E-state index in [9.17, 15) is 4.39 Å². The van der Waals surface area contributed by atoms with Gasteiger partial charge in [-0.25, -0.2) is 4.39 Å².